The van der Waals surface area contributed by atoms with Crippen molar-refractivity contribution in [1.82, 2.24) is 24.8 Å². The number of likely N-dealkylation sites (tertiary alicyclic amines) is 1. The van der Waals surface area contributed by atoms with Gasteiger partial charge in [0.15, 0.2) is 5.65 Å². The minimum Gasteiger partial charge on any atom is -0.340 e. The number of aromatic nitrogens is 3. The first-order valence-corrected chi connectivity index (χ1v) is 6.89. The van der Waals surface area contributed by atoms with Gasteiger partial charge in [-0.15, -0.1) is 0 Å². The molecule has 0 saturated carbocycles. The molecule has 22 heavy (non-hydrogen) atoms. The van der Waals surface area contributed by atoms with Crippen LogP contribution in [0.2, 0.25) is 0 Å². The van der Waals surface area contributed by atoms with Crippen molar-refractivity contribution >= 4 is 23.4 Å². The van der Waals surface area contributed by atoms with Gasteiger partial charge in [-0.2, -0.15) is 5.10 Å². The predicted octanol–water partition coefficient (Wildman–Crippen LogP) is -0.0851. The number of carbonyl (C=O) groups excluding carboxylic acids is 3. The first kappa shape index (κ1) is 14.2. The molecule has 1 aliphatic rings. The van der Waals surface area contributed by atoms with E-state index in [-0.39, 0.29) is 12.3 Å². The van der Waals surface area contributed by atoms with Gasteiger partial charge in [0.1, 0.15) is 6.04 Å². The van der Waals surface area contributed by atoms with Gasteiger partial charge < -0.3 is 5.32 Å². The second-order valence-corrected chi connectivity index (χ2v) is 5.23. The molecule has 1 atom stereocenters. The molecule has 0 radical (unpaired) electrons. The molecule has 8 heteroatoms. The van der Waals surface area contributed by atoms with Crippen LogP contribution in [-0.4, -0.2) is 50.3 Å². The third-order valence-corrected chi connectivity index (χ3v) is 3.77. The van der Waals surface area contributed by atoms with Crippen LogP contribution >= 0.6 is 0 Å². The van der Waals surface area contributed by atoms with Crippen LogP contribution in [-0.2, 0) is 9.59 Å². The largest absolute Gasteiger partial charge is 0.340 e. The van der Waals surface area contributed by atoms with Gasteiger partial charge in [-0.3, -0.25) is 19.3 Å². The van der Waals surface area contributed by atoms with Crippen molar-refractivity contribution < 1.29 is 14.4 Å². The first-order chi connectivity index (χ1) is 10.5. The van der Waals surface area contributed by atoms with E-state index in [1.807, 2.05) is 0 Å². The Bertz CT molecular complexity index is 782. The van der Waals surface area contributed by atoms with E-state index < -0.39 is 17.9 Å². The van der Waals surface area contributed by atoms with Crippen LogP contribution in [0.1, 0.15) is 28.9 Å². The van der Waals surface area contributed by atoms with Gasteiger partial charge in [-0.25, -0.2) is 9.50 Å². The highest BCUT2D eigenvalue weighted by molar-refractivity contribution is 6.03. The van der Waals surface area contributed by atoms with Crippen LogP contribution < -0.4 is 5.32 Å². The molecule has 1 saturated heterocycles. The molecule has 114 valence electrons. The summed E-state index contributed by atoms with van der Waals surface area (Å²) in [6.45, 7) is 1.72. The fourth-order valence-corrected chi connectivity index (χ4v) is 2.45. The summed E-state index contributed by atoms with van der Waals surface area (Å²) in [7, 11) is 1.42. The third-order valence-electron chi connectivity index (χ3n) is 3.77. The van der Waals surface area contributed by atoms with Crippen molar-refractivity contribution in [3.8, 4) is 0 Å². The molecule has 8 nitrogen and oxygen atoms in total. The smallest absolute Gasteiger partial charge is 0.255 e. The van der Waals surface area contributed by atoms with Gasteiger partial charge in [0.2, 0.25) is 5.91 Å². The Hall–Kier alpha value is -2.77. The maximum Gasteiger partial charge on any atom is 0.255 e. The lowest BCUT2D eigenvalue weighted by Crippen LogP contribution is -2.53. The molecular formula is C14H15N5O3. The summed E-state index contributed by atoms with van der Waals surface area (Å²) in [6, 6.07) is 1.04. The molecule has 2 aromatic rings. The number of amides is 3. The molecule has 2 aromatic heterocycles. The summed E-state index contributed by atoms with van der Waals surface area (Å²) >= 11 is 0. The summed E-state index contributed by atoms with van der Waals surface area (Å²) in [5.74, 6) is -1.02. The highest BCUT2D eigenvalue weighted by Crippen LogP contribution is 2.13. The van der Waals surface area contributed by atoms with Crippen LogP contribution in [0.4, 0.5) is 0 Å². The van der Waals surface area contributed by atoms with E-state index in [1.165, 1.54) is 11.6 Å². The number of hydrogen-bond acceptors (Lipinski definition) is 5. The molecule has 3 heterocycles. The zero-order valence-electron chi connectivity index (χ0n) is 12.2. The van der Waals surface area contributed by atoms with Crippen LogP contribution in [0.3, 0.4) is 0 Å². The van der Waals surface area contributed by atoms with E-state index in [1.54, 1.807) is 25.4 Å². The maximum atomic E-state index is 12.4. The van der Waals surface area contributed by atoms with Crippen molar-refractivity contribution in [3.63, 3.8) is 0 Å². The number of piperidine rings is 1. The average molecular weight is 301 g/mol. The lowest BCUT2D eigenvalue weighted by Gasteiger charge is -2.28. The number of nitrogens with zero attached hydrogens (tertiary/aromatic N) is 4. The first-order valence-electron chi connectivity index (χ1n) is 6.89. The van der Waals surface area contributed by atoms with Crippen molar-refractivity contribution in [2.24, 2.45) is 0 Å². The zero-order chi connectivity index (χ0) is 15.9. The summed E-state index contributed by atoms with van der Waals surface area (Å²) in [5, 5.41) is 6.71. The van der Waals surface area contributed by atoms with Gasteiger partial charge in [-0.05, 0) is 13.3 Å². The minimum absolute atomic E-state index is 0.230. The number of rotatable bonds is 2. The number of nitrogens with one attached hydrogen (secondary N) is 1. The van der Waals surface area contributed by atoms with Crippen LogP contribution in [0, 0.1) is 6.92 Å². The van der Waals surface area contributed by atoms with E-state index in [4.69, 9.17) is 0 Å². The summed E-state index contributed by atoms with van der Waals surface area (Å²) < 4.78 is 1.50. The molecule has 0 aliphatic carbocycles. The van der Waals surface area contributed by atoms with Crippen molar-refractivity contribution in [2.45, 2.75) is 25.8 Å². The van der Waals surface area contributed by atoms with E-state index in [0.717, 1.165) is 4.90 Å². The summed E-state index contributed by atoms with van der Waals surface area (Å²) in [6.07, 6.45) is 3.72. The van der Waals surface area contributed by atoms with Crippen LogP contribution in [0.15, 0.2) is 18.5 Å². The van der Waals surface area contributed by atoms with Gasteiger partial charge in [0.25, 0.3) is 11.8 Å². The van der Waals surface area contributed by atoms with Gasteiger partial charge in [0, 0.05) is 25.7 Å². The number of aryl methyl sites for hydroxylation is 1. The second-order valence-electron chi connectivity index (χ2n) is 5.23. The van der Waals surface area contributed by atoms with Crippen molar-refractivity contribution in [3.05, 3.63) is 29.7 Å². The Morgan fingerprint density at radius 1 is 1.41 bits per heavy atom. The number of fused-ring (bicyclic) bond motifs is 1. The fourth-order valence-electron chi connectivity index (χ4n) is 2.45. The van der Waals surface area contributed by atoms with Gasteiger partial charge in [-0.1, -0.05) is 0 Å². The standard InChI is InChI=1S/C14H15N5O3/c1-8-9(7-19-11(16-8)5-6-15-19)13(21)17-10-3-4-12(20)18(2)14(10)22/h5-7,10H,3-4H2,1-2H3,(H,17,21)/t10-/m0/s1. The lowest BCUT2D eigenvalue weighted by molar-refractivity contribution is -0.147. The second kappa shape index (κ2) is 5.21. The molecule has 1 aliphatic heterocycles. The molecule has 0 bridgehead atoms. The van der Waals surface area contributed by atoms with Gasteiger partial charge in [0.05, 0.1) is 17.5 Å². The van der Waals surface area contributed by atoms with Crippen LogP contribution in [0.25, 0.3) is 5.65 Å². The Labute approximate surface area is 126 Å². The Kier molecular flexibility index (Phi) is 3.36. The van der Waals surface area contributed by atoms with Crippen LogP contribution in [0.5, 0.6) is 0 Å². The highest BCUT2D eigenvalue weighted by atomic mass is 16.2. The molecule has 0 unspecified atom stereocenters. The minimum atomic E-state index is -0.692. The zero-order valence-corrected chi connectivity index (χ0v) is 12.2. The van der Waals surface area contributed by atoms with E-state index in [9.17, 15) is 14.4 Å². The van der Waals surface area contributed by atoms with E-state index >= 15 is 0 Å². The third kappa shape index (κ3) is 2.32. The Balaban J connectivity index is 1.82. The quantitative estimate of drug-likeness (QED) is 0.782. The lowest BCUT2D eigenvalue weighted by atomic mass is 10.0. The monoisotopic (exact) mass is 301 g/mol. The van der Waals surface area contributed by atoms with Gasteiger partial charge >= 0.3 is 0 Å². The van der Waals surface area contributed by atoms with E-state index in [2.05, 4.69) is 15.4 Å². The SMILES string of the molecule is Cc1nc2ccnn2cc1C(=O)N[C@H]1CCC(=O)N(C)C1=O. The summed E-state index contributed by atoms with van der Waals surface area (Å²) in [5.41, 5.74) is 1.55. The summed E-state index contributed by atoms with van der Waals surface area (Å²) in [4.78, 5) is 41.2. The molecule has 3 rings (SSSR count). The Morgan fingerprint density at radius 3 is 2.95 bits per heavy atom. The molecule has 1 N–H and O–H groups in total. The fraction of sp³-hybridized carbons (Fsp3) is 0.357. The van der Waals surface area contributed by atoms with Crippen molar-refractivity contribution in [2.75, 3.05) is 7.05 Å². The predicted molar refractivity (Wildman–Crippen MR) is 76.0 cm³/mol. The highest BCUT2D eigenvalue weighted by Gasteiger charge is 2.33. The van der Waals surface area contributed by atoms with E-state index in [0.29, 0.717) is 23.3 Å². The molecular weight excluding hydrogens is 286 g/mol. The number of carbonyl (C=O) groups is 3. The number of likely N-dealkylation sites (N-methyl/N-ethyl adjacent to an activating group) is 1. The maximum absolute atomic E-state index is 12.4. The van der Waals surface area contributed by atoms with Crippen molar-refractivity contribution in [1.29, 1.82) is 0 Å². The number of imide groups is 1. The molecule has 3 amide bonds. The molecule has 1 fully saturated rings. The molecule has 0 aromatic carbocycles. The number of hydrogen-bond donors (Lipinski definition) is 1. The average Bonchev–Trinajstić information content (AvgIpc) is 2.94. The Morgan fingerprint density at radius 2 is 2.18 bits per heavy atom. The normalized spacial score (nSPS) is 18.8. The topological polar surface area (TPSA) is 96.7 Å². The molecule has 0 spiro atoms.